The molecule has 0 radical (unpaired) electrons. The summed E-state index contributed by atoms with van der Waals surface area (Å²) >= 11 is 1.28. The van der Waals surface area contributed by atoms with Gasteiger partial charge in [-0.1, -0.05) is 6.92 Å². The molecule has 0 aliphatic carbocycles. The van der Waals surface area contributed by atoms with Crippen molar-refractivity contribution in [3.8, 4) is 0 Å². The summed E-state index contributed by atoms with van der Waals surface area (Å²) in [5.74, 6) is -1.46. The van der Waals surface area contributed by atoms with Crippen molar-refractivity contribution >= 4 is 17.7 Å². The molecule has 6 heteroatoms. The predicted molar refractivity (Wildman–Crippen MR) is 71.0 cm³/mol. The Morgan fingerprint density at radius 1 is 1.42 bits per heavy atom. The molecular formula is C13H17F2NO2S. The lowest BCUT2D eigenvalue weighted by Gasteiger charge is -2.09. The van der Waals surface area contributed by atoms with Crippen molar-refractivity contribution in [1.29, 1.82) is 0 Å². The van der Waals surface area contributed by atoms with Gasteiger partial charge in [0.25, 0.3) is 0 Å². The zero-order valence-corrected chi connectivity index (χ0v) is 11.5. The van der Waals surface area contributed by atoms with Crippen LogP contribution in [0.4, 0.5) is 8.78 Å². The highest BCUT2D eigenvalue weighted by Gasteiger charge is 2.06. The number of halogens is 2. The molecule has 0 aliphatic rings. The predicted octanol–water partition coefficient (Wildman–Crippen LogP) is 2.33. The minimum Gasteiger partial charge on any atom is -0.391 e. The smallest absolute Gasteiger partial charge is 0.220 e. The maximum atomic E-state index is 12.9. The van der Waals surface area contributed by atoms with Crippen molar-refractivity contribution in [2.45, 2.75) is 30.8 Å². The van der Waals surface area contributed by atoms with Crippen LogP contribution in [0.15, 0.2) is 23.1 Å². The molecule has 0 heterocycles. The molecule has 0 spiro atoms. The number of carbonyl (C=O) groups is 1. The van der Waals surface area contributed by atoms with E-state index in [0.717, 1.165) is 12.1 Å². The van der Waals surface area contributed by atoms with Gasteiger partial charge in [-0.15, -0.1) is 11.8 Å². The summed E-state index contributed by atoms with van der Waals surface area (Å²) in [6.45, 7) is 2.07. The molecule has 0 aromatic heterocycles. The Morgan fingerprint density at radius 2 is 2.16 bits per heavy atom. The fourth-order valence-electron chi connectivity index (χ4n) is 1.29. The van der Waals surface area contributed by atoms with Crippen LogP contribution in [0.25, 0.3) is 0 Å². The Kier molecular flexibility index (Phi) is 6.80. The summed E-state index contributed by atoms with van der Waals surface area (Å²) < 4.78 is 25.6. The second-order valence-electron chi connectivity index (χ2n) is 4.04. The van der Waals surface area contributed by atoms with E-state index in [1.807, 2.05) is 6.92 Å². The summed E-state index contributed by atoms with van der Waals surface area (Å²) in [7, 11) is 0. The van der Waals surface area contributed by atoms with Gasteiger partial charge in [-0.05, 0) is 24.6 Å². The van der Waals surface area contributed by atoms with Crippen molar-refractivity contribution < 1.29 is 18.7 Å². The van der Waals surface area contributed by atoms with E-state index < -0.39 is 17.7 Å². The van der Waals surface area contributed by atoms with E-state index in [4.69, 9.17) is 0 Å². The van der Waals surface area contributed by atoms with Gasteiger partial charge in [0.2, 0.25) is 5.91 Å². The van der Waals surface area contributed by atoms with Crippen molar-refractivity contribution in [3.05, 3.63) is 29.8 Å². The molecule has 0 bridgehead atoms. The maximum absolute atomic E-state index is 12.9. The van der Waals surface area contributed by atoms with E-state index in [-0.39, 0.29) is 18.9 Å². The van der Waals surface area contributed by atoms with Gasteiger partial charge in [0.15, 0.2) is 11.6 Å². The molecule has 1 atom stereocenters. The number of thioether (sulfide) groups is 1. The molecule has 1 aromatic carbocycles. The lowest BCUT2D eigenvalue weighted by Crippen LogP contribution is -2.31. The highest BCUT2D eigenvalue weighted by Crippen LogP contribution is 2.20. The Bertz CT molecular complexity index is 429. The van der Waals surface area contributed by atoms with Gasteiger partial charge in [0, 0.05) is 23.6 Å². The number of aliphatic hydroxyl groups is 1. The van der Waals surface area contributed by atoms with E-state index in [9.17, 15) is 18.7 Å². The molecule has 1 rings (SSSR count). The zero-order chi connectivity index (χ0) is 14.3. The minimum absolute atomic E-state index is 0.164. The minimum atomic E-state index is -0.888. The van der Waals surface area contributed by atoms with Crippen molar-refractivity contribution in [3.63, 3.8) is 0 Å². The SMILES string of the molecule is CCC(O)CNC(=O)CCSc1ccc(F)c(F)c1. The first kappa shape index (κ1) is 15.9. The van der Waals surface area contributed by atoms with E-state index in [0.29, 0.717) is 17.1 Å². The normalized spacial score (nSPS) is 12.2. The summed E-state index contributed by atoms with van der Waals surface area (Å²) in [5, 5.41) is 11.9. The van der Waals surface area contributed by atoms with Crippen LogP contribution in [0.3, 0.4) is 0 Å². The fourth-order valence-corrected chi connectivity index (χ4v) is 2.17. The van der Waals surface area contributed by atoms with Crippen molar-refractivity contribution in [2.24, 2.45) is 0 Å². The molecule has 0 saturated heterocycles. The number of benzene rings is 1. The van der Waals surface area contributed by atoms with Gasteiger partial charge in [-0.3, -0.25) is 4.79 Å². The lowest BCUT2D eigenvalue weighted by molar-refractivity contribution is -0.121. The topological polar surface area (TPSA) is 49.3 Å². The second kappa shape index (κ2) is 8.12. The van der Waals surface area contributed by atoms with Gasteiger partial charge >= 0.3 is 0 Å². The average molecular weight is 289 g/mol. The number of hydrogen-bond acceptors (Lipinski definition) is 3. The number of rotatable bonds is 7. The van der Waals surface area contributed by atoms with Gasteiger partial charge in [0.1, 0.15) is 0 Å². The van der Waals surface area contributed by atoms with E-state index >= 15 is 0 Å². The Morgan fingerprint density at radius 3 is 2.79 bits per heavy atom. The molecule has 0 aliphatic heterocycles. The third kappa shape index (κ3) is 6.02. The van der Waals surface area contributed by atoms with Crippen molar-refractivity contribution in [2.75, 3.05) is 12.3 Å². The van der Waals surface area contributed by atoms with Crippen LogP contribution in [0.1, 0.15) is 19.8 Å². The molecule has 1 amide bonds. The molecule has 1 unspecified atom stereocenters. The number of nitrogens with one attached hydrogen (secondary N) is 1. The third-order valence-corrected chi connectivity index (χ3v) is 3.49. The number of amides is 1. The standard InChI is InChI=1S/C13H17F2NO2S/c1-2-9(17)8-16-13(18)5-6-19-10-3-4-11(14)12(15)7-10/h3-4,7,9,17H,2,5-6,8H2,1H3,(H,16,18). The van der Waals surface area contributed by atoms with Gasteiger partial charge in [-0.25, -0.2) is 8.78 Å². The molecule has 0 saturated carbocycles. The first-order valence-electron chi connectivity index (χ1n) is 6.05. The van der Waals surface area contributed by atoms with Gasteiger partial charge in [-0.2, -0.15) is 0 Å². The first-order valence-corrected chi connectivity index (χ1v) is 7.04. The van der Waals surface area contributed by atoms with Crippen molar-refractivity contribution in [1.82, 2.24) is 5.32 Å². The molecular weight excluding hydrogens is 272 g/mol. The van der Waals surface area contributed by atoms with Crippen LogP contribution in [0, 0.1) is 11.6 Å². The molecule has 19 heavy (non-hydrogen) atoms. The lowest BCUT2D eigenvalue weighted by atomic mass is 10.3. The highest BCUT2D eigenvalue weighted by atomic mass is 32.2. The van der Waals surface area contributed by atoms with E-state index in [2.05, 4.69) is 5.32 Å². The van der Waals surface area contributed by atoms with Crippen LogP contribution >= 0.6 is 11.8 Å². The van der Waals surface area contributed by atoms with Crippen LogP contribution in [0.5, 0.6) is 0 Å². The first-order chi connectivity index (χ1) is 9.02. The Hall–Kier alpha value is -1.14. The summed E-state index contributed by atoms with van der Waals surface area (Å²) in [6.07, 6.45) is 0.326. The molecule has 3 nitrogen and oxygen atoms in total. The monoisotopic (exact) mass is 289 g/mol. The van der Waals surface area contributed by atoms with E-state index in [1.165, 1.54) is 17.8 Å². The number of carbonyl (C=O) groups excluding carboxylic acids is 1. The summed E-state index contributed by atoms with van der Waals surface area (Å²) in [6, 6.07) is 3.65. The number of aliphatic hydroxyl groups excluding tert-OH is 1. The highest BCUT2D eigenvalue weighted by molar-refractivity contribution is 7.99. The quantitative estimate of drug-likeness (QED) is 0.757. The number of hydrogen-bond donors (Lipinski definition) is 2. The molecule has 2 N–H and O–H groups in total. The summed E-state index contributed by atoms with van der Waals surface area (Å²) in [4.78, 5) is 12.0. The third-order valence-electron chi connectivity index (χ3n) is 2.50. The van der Waals surface area contributed by atoms with Gasteiger partial charge < -0.3 is 10.4 Å². The summed E-state index contributed by atoms with van der Waals surface area (Å²) in [5.41, 5.74) is 0. The van der Waals surface area contributed by atoms with E-state index in [1.54, 1.807) is 0 Å². The largest absolute Gasteiger partial charge is 0.391 e. The van der Waals surface area contributed by atoms with Crippen LogP contribution in [-0.4, -0.2) is 29.4 Å². The van der Waals surface area contributed by atoms with Gasteiger partial charge in [0.05, 0.1) is 6.10 Å². The Balaban J connectivity index is 2.26. The van der Waals surface area contributed by atoms with Crippen LogP contribution in [0.2, 0.25) is 0 Å². The molecule has 0 fully saturated rings. The Labute approximate surface area is 115 Å². The fraction of sp³-hybridized carbons (Fsp3) is 0.462. The van der Waals surface area contributed by atoms with Crippen LogP contribution in [-0.2, 0) is 4.79 Å². The van der Waals surface area contributed by atoms with Crippen LogP contribution < -0.4 is 5.32 Å². The molecule has 1 aromatic rings. The maximum Gasteiger partial charge on any atom is 0.220 e. The second-order valence-corrected chi connectivity index (χ2v) is 5.21. The average Bonchev–Trinajstić information content (AvgIpc) is 2.40. The molecule has 106 valence electrons. The zero-order valence-electron chi connectivity index (χ0n) is 10.7.